The Bertz CT molecular complexity index is 1640. The summed E-state index contributed by atoms with van der Waals surface area (Å²) in [4.78, 5) is 29.6. The smallest absolute Gasteiger partial charge is 0.244 e. The van der Waals surface area contributed by atoms with E-state index in [1.54, 1.807) is 24.3 Å². The minimum atomic E-state index is -3.88. The van der Waals surface area contributed by atoms with Crippen LogP contribution in [0.4, 0.5) is 5.69 Å². The summed E-state index contributed by atoms with van der Waals surface area (Å²) in [5, 5.41) is 3.04. The molecule has 236 valence electrons. The van der Waals surface area contributed by atoms with Gasteiger partial charge in [0.25, 0.3) is 0 Å². The highest BCUT2D eigenvalue weighted by Gasteiger charge is 2.33. The van der Waals surface area contributed by atoms with Gasteiger partial charge in [0.2, 0.25) is 21.8 Å². The van der Waals surface area contributed by atoms with E-state index in [0.29, 0.717) is 17.2 Å². The zero-order chi connectivity index (χ0) is 32.4. The van der Waals surface area contributed by atoms with Crippen molar-refractivity contribution in [2.24, 2.45) is 0 Å². The molecular formula is C36H41N3O5S. The highest BCUT2D eigenvalue weighted by atomic mass is 32.2. The van der Waals surface area contributed by atoms with Crippen LogP contribution in [0.25, 0.3) is 0 Å². The molecule has 4 aromatic carbocycles. The number of amides is 2. The van der Waals surface area contributed by atoms with Gasteiger partial charge in [-0.05, 0) is 67.8 Å². The number of anilines is 1. The van der Waals surface area contributed by atoms with Crippen molar-refractivity contribution < 1.29 is 22.7 Å². The SMILES string of the molecule is CC[C@H](C)NC(=O)[C@@H](Cc1ccccc1)N(Cc1ccc(C)cc1)C(=O)CN(c1ccc(Oc2ccccc2)cc1)S(C)(=O)=O. The number of benzene rings is 4. The van der Waals surface area contributed by atoms with Crippen LogP contribution in [-0.2, 0) is 32.6 Å². The summed E-state index contributed by atoms with van der Waals surface area (Å²) in [5.41, 5.74) is 3.09. The maximum Gasteiger partial charge on any atom is 0.244 e. The minimum Gasteiger partial charge on any atom is -0.457 e. The Balaban J connectivity index is 1.67. The summed E-state index contributed by atoms with van der Waals surface area (Å²) >= 11 is 0. The first kappa shape index (κ1) is 33.3. The second-order valence-corrected chi connectivity index (χ2v) is 13.1. The van der Waals surface area contributed by atoms with Crippen LogP contribution < -0.4 is 14.4 Å². The lowest BCUT2D eigenvalue weighted by molar-refractivity contribution is -0.140. The van der Waals surface area contributed by atoms with Crippen LogP contribution in [0, 0.1) is 6.92 Å². The molecule has 0 spiro atoms. The molecule has 2 amide bonds. The fourth-order valence-corrected chi connectivity index (χ4v) is 5.65. The van der Waals surface area contributed by atoms with Gasteiger partial charge in [0.1, 0.15) is 24.1 Å². The third kappa shape index (κ3) is 9.68. The van der Waals surface area contributed by atoms with Crippen molar-refractivity contribution in [3.8, 4) is 11.5 Å². The molecule has 4 rings (SSSR count). The van der Waals surface area contributed by atoms with Crippen molar-refractivity contribution in [2.45, 2.75) is 52.2 Å². The van der Waals surface area contributed by atoms with Crippen molar-refractivity contribution in [3.63, 3.8) is 0 Å². The Hall–Kier alpha value is -4.63. The van der Waals surface area contributed by atoms with Gasteiger partial charge in [0.05, 0.1) is 11.9 Å². The first-order valence-electron chi connectivity index (χ1n) is 15.0. The summed E-state index contributed by atoms with van der Waals surface area (Å²) in [5.74, 6) is 0.385. The standard InChI is InChI=1S/C36H41N3O5S/c1-5-28(3)37-36(41)34(24-29-12-8-6-9-13-29)38(25-30-18-16-27(2)17-19-30)35(40)26-39(45(4,42)43)31-20-22-33(23-21-31)44-32-14-10-7-11-15-32/h6-23,28,34H,5,24-26H2,1-4H3,(H,37,41)/t28-,34+/m0/s1. The van der Waals surface area contributed by atoms with E-state index >= 15 is 0 Å². The van der Waals surface area contributed by atoms with Crippen molar-refractivity contribution in [3.05, 3.63) is 126 Å². The summed E-state index contributed by atoms with van der Waals surface area (Å²) < 4.78 is 33.1. The largest absolute Gasteiger partial charge is 0.457 e. The zero-order valence-electron chi connectivity index (χ0n) is 26.2. The van der Waals surface area contributed by atoms with Crippen LogP contribution in [0.3, 0.4) is 0 Å². The summed E-state index contributed by atoms with van der Waals surface area (Å²) in [7, 11) is -3.88. The molecule has 0 aliphatic carbocycles. The van der Waals surface area contributed by atoms with Crippen LogP contribution in [0.5, 0.6) is 11.5 Å². The molecule has 9 heteroatoms. The van der Waals surface area contributed by atoms with Gasteiger partial charge in [0, 0.05) is 19.0 Å². The van der Waals surface area contributed by atoms with Gasteiger partial charge in [-0.2, -0.15) is 0 Å². The molecule has 0 saturated heterocycles. The third-order valence-corrected chi connectivity index (χ3v) is 8.67. The number of nitrogens with one attached hydrogen (secondary N) is 1. The number of aryl methyl sites for hydroxylation is 1. The number of para-hydroxylation sites is 1. The third-order valence-electron chi connectivity index (χ3n) is 7.53. The van der Waals surface area contributed by atoms with Crippen molar-refractivity contribution in [1.82, 2.24) is 10.2 Å². The molecule has 0 unspecified atom stereocenters. The van der Waals surface area contributed by atoms with E-state index in [9.17, 15) is 18.0 Å². The molecule has 45 heavy (non-hydrogen) atoms. The van der Waals surface area contributed by atoms with E-state index in [0.717, 1.165) is 33.7 Å². The average molecular weight is 628 g/mol. The van der Waals surface area contributed by atoms with E-state index in [1.807, 2.05) is 106 Å². The Morgan fingerprint density at radius 1 is 0.800 bits per heavy atom. The van der Waals surface area contributed by atoms with Crippen molar-refractivity contribution in [2.75, 3.05) is 17.1 Å². The van der Waals surface area contributed by atoms with E-state index in [2.05, 4.69) is 5.32 Å². The quantitative estimate of drug-likeness (QED) is 0.182. The van der Waals surface area contributed by atoms with Gasteiger partial charge < -0.3 is 15.0 Å². The number of rotatable bonds is 14. The number of ether oxygens (including phenoxy) is 1. The molecule has 0 radical (unpaired) electrons. The van der Waals surface area contributed by atoms with Crippen LogP contribution in [-0.4, -0.2) is 50.0 Å². The number of hydrogen-bond donors (Lipinski definition) is 1. The van der Waals surface area contributed by atoms with Gasteiger partial charge in [-0.1, -0.05) is 85.3 Å². The second kappa shape index (κ2) is 15.4. The Morgan fingerprint density at radius 3 is 1.96 bits per heavy atom. The maximum atomic E-state index is 14.3. The monoisotopic (exact) mass is 627 g/mol. The normalized spacial score (nSPS) is 12.5. The van der Waals surface area contributed by atoms with E-state index in [1.165, 1.54) is 4.90 Å². The van der Waals surface area contributed by atoms with Crippen molar-refractivity contribution >= 4 is 27.5 Å². The predicted octanol–water partition coefficient (Wildman–Crippen LogP) is 6.11. The lowest BCUT2D eigenvalue weighted by atomic mass is 10.0. The summed E-state index contributed by atoms with van der Waals surface area (Å²) in [6, 6.07) is 32.0. The van der Waals surface area contributed by atoms with Gasteiger partial charge in [0.15, 0.2) is 0 Å². The molecule has 8 nitrogen and oxygen atoms in total. The number of sulfonamides is 1. The van der Waals surface area contributed by atoms with E-state index in [-0.39, 0.29) is 24.9 Å². The number of hydrogen-bond acceptors (Lipinski definition) is 5. The molecule has 0 heterocycles. The highest BCUT2D eigenvalue weighted by Crippen LogP contribution is 2.26. The van der Waals surface area contributed by atoms with E-state index in [4.69, 9.17) is 4.74 Å². The van der Waals surface area contributed by atoms with Gasteiger partial charge in [-0.3, -0.25) is 13.9 Å². The van der Waals surface area contributed by atoms with Crippen molar-refractivity contribution in [1.29, 1.82) is 0 Å². The first-order valence-corrected chi connectivity index (χ1v) is 16.9. The van der Waals surface area contributed by atoms with Crippen LogP contribution >= 0.6 is 0 Å². The fourth-order valence-electron chi connectivity index (χ4n) is 4.80. The van der Waals surface area contributed by atoms with Crippen LogP contribution in [0.1, 0.15) is 37.0 Å². The predicted molar refractivity (Wildman–Crippen MR) is 179 cm³/mol. The first-order chi connectivity index (χ1) is 21.5. The number of carbonyl (C=O) groups is 2. The van der Waals surface area contributed by atoms with Gasteiger partial charge in [-0.25, -0.2) is 8.42 Å². The van der Waals surface area contributed by atoms with Gasteiger partial charge in [-0.15, -0.1) is 0 Å². The molecular weight excluding hydrogens is 586 g/mol. The van der Waals surface area contributed by atoms with E-state index < -0.39 is 28.5 Å². The summed E-state index contributed by atoms with van der Waals surface area (Å²) in [6.45, 7) is 5.52. The second-order valence-electron chi connectivity index (χ2n) is 11.2. The fraction of sp³-hybridized carbons (Fsp3) is 0.278. The Labute approximate surface area is 266 Å². The summed E-state index contributed by atoms with van der Waals surface area (Å²) in [6.07, 6.45) is 2.06. The minimum absolute atomic E-state index is 0.101. The lowest BCUT2D eigenvalue weighted by Crippen LogP contribution is -2.54. The molecule has 4 aromatic rings. The molecule has 0 aliphatic heterocycles. The maximum absolute atomic E-state index is 14.3. The Morgan fingerprint density at radius 2 is 1.38 bits per heavy atom. The average Bonchev–Trinajstić information content (AvgIpc) is 3.03. The molecule has 2 atom stereocenters. The molecule has 0 saturated carbocycles. The lowest BCUT2D eigenvalue weighted by Gasteiger charge is -2.34. The van der Waals surface area contributed by atoms with Gasteiger partial charge >= 0.3 is 0 Å². The molecule has 0 aliphatic rings. The number of carbonyl (C=O) groups excluding carboxylic acids is 2. The zero-order valence-corrected chi connectivity index (χ0v) is 27.0. The molecule has 0 fully saturated rings. The number of nitrogens with zero attached hydrogens (tertiary/aromatic N) is 2. The molecule has 1 N–H and O–H groups in total. The Kier molecular flexibility index (Phi) is 11.4. The highest BCUT2D eigenvalue weighted by molar-refractivity contribution is 7.92. The topological polar surface area (TPSA) is 96.0 Å². The molecule has 0 aromatic heterocycles. The van der Waals surface area contributed by atoms with Crippen LogP contribution in [0.2, 0.25) is 0 Å². The van der Waals surface area contributed by atoms with Crippen LogP contribution in [0.15, 0.2) is 109 Å². The molecule has 0 bridgehead atoms.